The number of rotatable bonds is 4. The third-order valence-electron chi connectivity index (χ3n) is 3.97. The van der Waals surface area contributed by atoms with Gasteiger partial charge in [0.25, 0.3) is 5.91 Å². The smallest absolute Gasteiger partial charge is 0.300 e. The summed E-state index contributed by atoms with van der Waals surface area (Å²) in [5, 5.41) is 4.18. The molecule has 0 spiro atoms. The van der Waals surface area contributed by atoms with Crippen molar-refractivity contribution in [3.63, 3.8) is 0 Å². The topological polar surface area (TPSA) is 70.6 Å². The summed E-state index contributed by atoms with van der Waals surface area (Å²) in [6.07, 6.45) is 5.51. The second-order valence-corrected chi connectivity index (χ2v) is 6.57. The number of nitrogens with zero attached hydrogens (tertiary/aromatic N) is 4. The molecule has 0 atom stereocenters. The van der Waals surface area contributed by atoms with Gasteiger partial charge >= 0.3 is 0 Å². The Kier molecular flexibility index (Phi) is 4.82. The van der Waals surface area contributed by atoms with E-state index in [1.807, 2.05) is 19.1 Å². The molecule has 1 amide bonds. The van der Waals surface area contributed by atoms with Gasteiger partial charge in [0.1, 0.15) is 0 Å². The van der Waals surface area contributed by atoms with Crippen molar-refractivity contribution in [2.75, 3.05) is 14.2 Å². The summed E-state index contributed by atoms with van der Waals surface area (Å²) in [4.78, 5) is 17.3. The van der Waals surface area contributed by atoms with Gasteiger partial charge in [-0.2, -0.15) is 10.1 Å². The molecule has 0 saturated heterocycles. The largest absolute Gasteiger partial charge is 0.493 e. The molecule has 3 aromatic rings. The first-order valence-electron chi connectivity index (χ1n) is 7.77. The van der Waals surface area contributed by atoms with Crippen LogP contribution in [0.3, 0.4) is 0 Å². The van der Waals surface area contributed by atoms with Crippen molar-refractivity contribution in [3.05, 3.63) is 34.4 Å². The molecule has 26 heavy (non-hydrogen) atoms. The summed E-state index contributed by atoms with van der Waals surface area (Å²) in [6.45, 7) is 2.16. The number of hydrogen-bond acceptors (Lipinski definition) is 5. The van der Waals surface area contributed by atoms with Crippen LogP contribution in [0.1, 0.15) is 16.2 Å². The van der Waals surface area contributed by atoms with Crippen molar-refractivity contribution in [3.8, 4) is 23.8 Å². The van der Waals surface area contributed by atoms with E-state index >= 15 is 0 Å². The van der Waals surface area contributed by atoms with Crippen LogP contribution in [0.2, 0.25) is 0 Å². The number of terminal acetylenes is 1. The van der Waals surface area contributed by atoms with Gasteiger partial charge in [0.15, 0.2) is 22.0 Å². The predicted molar refractivity (Wildman–Crippen MR) is 99.6 cm³/mol. The molecular weight excluding hydrogens is 352 g/mol. The molecule has 2 aromatic heterocycles. The average Bonchev–Trinajstić information content (AvgIpc) is 3.14. The van der Waals surface area contributed by atoms with E-state index in [1.54, 1.807) is 36.6 Å². The van der Waals surface area contributed by atoms with Gasteiger partial charge in [0, 0.05) is 24.9 Å². The van der Waals surface area contributed by atoms with E-state index in [4.69, 9.17) is 15.9 Å². The maximum atomic E-state index is 12.5. The van der Waals surface area contributed by atoms with Crippen molar-refractivity contribution >= 4 is 27.5 Å². The van der Waals surface area contributed by atoms with Crippen LogP contribution in [0, 0.1) is 19.3 Å². The molecule has 8 heteroatoms. The maximum Gasteiger partial charge on any atom is 0.300 e. The number of aryl methyl sites for hydroxylation is 2. The molecule has 134 valence electrons. The van der Waals surface area contributed by atoms with Crippen LogP contribution in [0.4, 0.5) is 0 Å². The predicted octanol–water partition coefficient (Wildman–Crippen LogP) is 2.14. The van der Waals surface area contributed by atoms with Gasteiger partial charge < -0.3 is 14.0 Å². The van der Waals surface area contributed by atoms with Gasteiger partial charge in [-0.15, -0.1) is 6.42 Å². The molecule has 0 aliphatic carbocycles. The Morgan fingerprint density at radius 1 is 1.31 bits per heavy atom. The standard InChI is InChI=1S/C18H18N4O3S/c1-6-7-22-13-9-14(24-4)15(25-5)10-16(13)26-18(22)19-17(23)12-8-11(2)21(3)20-12/h1,8-10H,7H2,2-5H3. The number of ether oxygens (including phenoxy) is 2. The average molecular weight is 370 g/mol. The number of benzene rings is 1. The van der Waals surface area contributed by atoms with Crippen LogP contribution in [0.25, 0.3) is 10.2 Å². The lowest BCUT2D eigenvalue weighted by Crippen LogP contribution is -2.16. The van der Waals surface area contributed by atoms with E-state index in [0.717, 1.165) is 15.9 Å². The number of aromatic nitrogens is 3. The zero-order valence-electron chi connectivity index (χ0n) is 14.9. The van der Waals surface area contributed by atoms with Gasteiger partial charge in [-0.25, -0.2) is 0 Å². The van der Waals surface area contributed by atoms with Crippen molar-refractivity contribution < 1.29 is 14.3 Å². The summed E-state index contributed by atoms with van der Waals surface area (Å²) in [5.74, 6) is 3.38. The zero-order chi connectivity index (χ0) is 18.8. The second-order valence-electron chi connectivity index (χ2n) is 5.56. The van der Waals surface area contributed by atoms with Gasteiger partial charge in [-0.05, 0) is 13.0 Å². The first kappa shape index (κ1) is 17.8. The molecule has 7 nitrogen and oxygen atoms in total. The summed E-state index contributed by atoms with van der Waals surface area (Å²) >= 11 is 1.36. The van der Waals surface area contributed by atoms with E-state index < -0.39 is 5.91 Å². The summed E-state index contributed by atoms with van der Waals surface area (Å²) in [7, 11) is 4.92. The van der Waals surface area contributed by atoms with Gasteiger partial charge in [0.2, 0.25) is 0 Å². The number of thiazole rings is 1. The van der Waals surface area contributed by atoms with Gasteiger partial charge in [-0.3, -0.25) is 9.48 Å². The Morgan fingerprint density at radius 2 is 2.00 bits per heavy atom. The van der Waals surface area contributed by atoms with E-state index in [0.29, 0.717) is 22.0 Å². The van der Waals surface area contributed by atoms with Gasteiger partial charge in [0.05, 0.1) is 31.0 Å². The minimum atomic E-state index is -0.412. The minimum Gasteiger partial charge on any atom is -0.493 e. The third kappa shape index (κ3) is 3.09. The lowest BCUT2D eigenvalue weighted by Gasteiger charge is -2.08. The molecule has 0 N–H and O–H groups in total. The normalized spacial score (nSPS) is 11.6. The van der Waals surface area contributed by atoms with Crippen LogP contribution in [-0.4, -0.2) is 34.5 Å². The number of methoxy groups -OCH3 is 2. The number of carbonyl (C=O) groups excluding carboxylic acids is 1. The van der Waals surface area contributed by atoms with Crippen molar-refractivity contribution in [1.82, 2.24) is 14.3 Å². The lowest BCUT2D eigenvalue weighted by molar-refractivity contribution is 0.0992. The Bertz CT molecular complexity index is 1080. The molecule has 2 heterocycles. The lowest BCUT2D eigenvalue weighted by atomic mass is 10.3. The Morgan fingerprint density at radius 3 is 2.58 bits per heavy atom. The summed E-state index contributed by atoms with van der Waals surface area (Å²) < 4.78 is 15.0. The summed E-state index contributed by atoms with van der Waals surface area (Å²) in [5.41, 5.74) is 2.00. The van der Waals surface area contributed by atoms with E-state index in [-0.39, 0.29) is 6.54 Å². The fourth-order valence-electron chi connectivity index (χ4n) is 2.54. The number of hydrogen-bond donors (Lipinski definition) is 0. The molecule has 0 fully saturated rings. The van der Waals surface area contributed by atoms with Crippen LogP contribution >= 0.6 is 11.3 Å². The molecule has 1 aromatic carbocycles. The highest BCUT2D eigenvalue weighted by molar-refractivity contribution is 7.16. The van der Waals surface area contributed by atoms with Crippen molar-refractivity contribution in [2.24, 2.45) is 12.0 Å². The van der Waals surface area contributed by atoms with Crippen molar-refractivity contribution in [2.45, 2.75) is 13.5 Å². The fourth-order valence-corrected chi connectivity index (χ4v) is 3.57. The quantitative estimate of drug-likeness (QED) is 0.660. The second kappa shape index (κ2) is 7.06. The van der Waals surface area contributed by atoms with Crippen LogP contribution < -0.4 is 14.3 Å². The molecule has 0 radical (unpaired) electrons. The van der Waals surface area contributed by atoms with Crippen LogP contribution in [0.15, 0.2) is 23.2 Å². The highest BCUT2D eigenvalue weighted by Crippen LogP contribution is 2.33. The van der Waals surface area contributed by atoms with E-state index in [9.17, 15) is 4.79 Å². The molecule has 0 unspecified atom stereocenters. The first-order chi connectivity index (χ1) is 12.5. The molecule has 0 aliphatic heterocycles. The van der Waals surface area contributed by atoms with Crippen LogP contribution in [-0.2, 0) is 13.6 Å². The molecule has 0 saturated carbocycles. The molecule has 0 bridgehead atoms. The van der Waals surface area contributed by atoms with E-state index in [1.165, 1.54) is 11.3 Å². The number of carbonyl (C=O) groups is 1. The Hall–Kier alpha value is -3.05. The monoisotopic (exact) mass is 370 g/mol. The Balaban J connectivity index is 2.19. The third-order valence-corrected chi connectivity index (χ3v) is 5.01. The fraction of sp³-hybridized carbons (Fsp3) is 0.278. The zero-order valence-corrected chi connectivity index (χ0v) is 15.8. The maximum absolute atomic E-state index is 12.5. The highest BCUT2D eigenvalue weighted by Gasteiger charge is 2.14. The molecule has 0 aliphatic rings. The summed E-state index contributed by atoms with van der Waals surface area (Å²) in [6, 6.07) is 5.38. The molecular formula is C18H18N4O3S. The van der Waals surface area contributed by atoms with Crippen LogP contribution in [0.5, 0.6) is 11.5 Å². The van der Waals surface area contributed by atoms with Gasteiger partial charge in [-0.1, -0.05) is 17.3 Å². The van der Waals surface area contributed by atoms with E-state index in [2.05, 4.69) is 16.0 Å². The number of fused-ring (bicyclic) bond motifs is 1. The highest BCUT2D eigenvalue weighted by atomic mass is 32.1. The Labute approximate surface area is 154 Å². The van der Waals surface area contributed by atoms with Crippen molar-refractivity contribution in [1.29, 1.82) is 0 Å². The number of amides is 1. The molecule has 3 rings (SSSR count). The SMILES string of the molecule is C#CCn1c(=NC(=O)c2cc(C)n(C)n2)sc2cc(OC)c(OC)cc21. The minimum absolute atomic E-state index is 0.281. The first-order valence-corrected chi connectivity index (χ1v) is 8.58.